The minimum absolute atomic E-state index is 0.0867. The molecule has 2 aromatic rings. The van der Waals surface area contributed by atoms with Crippen LogP contribution in [0, 0.1) is 12.8 Å². The van der Waals surface area contributed by atoms with E-state index in [4.69, 9.17) is 4.74 Å². The topological polar surface area (TPSA) is 75.7 Å². The molecule has 8 heteroatoms. The van der Waals surface area contributed by atoms with Crippen molar-refractivity contribution in [1.29, 1.82) is 0 Å². The van der Waals surface area contributed by atoms with Gasteiger partial charge in [0.25, 0.3) is 10.0 Å². The Hall–Kier alpha value is -1.90. The summed E-state index contributed by atoms with van der Waals surface area (Å²) < 4.78 is 32.7. The van der Waals surface area contributed by atoms with Gasteiger partial charge in [0.05, 0.1) is 19.1 Å². The SMILES string of the molecule is CCC(NC(=O)C1CCCN(S(=O)(=O)c2cccs2)C1)c1ccc(OC)c(C)c1. The van der Waals surface area contributed by atoms with E-state index in [-0.39, 0.29) is 24.4 Å². The van der Waals surface area contributed by atoms with E-state index in [9.17, 15) is 13.2 Å². The third-order valence-corrected chi connectivity index (χ3v) is 8.63. The van der Waals surface area contributed by atoms with Crippen molar-refractivity contribution in [2.24, 2.45) is 5.92 Å². The van der Waals surface area contributed by atoms with Gasteiger partial charge in [-0.05, 0) is 54.8 Å². The van der Waals surface area contributed by atoms with Crippen LogP contribution >= 0.6 is 11.3 Å². The summed E-state index contributed by atoms with van der Waals surface area (Å²) in [5.74, 6) is 0.389. The highest BCUT2D eigenvalue weighted by Gasteiger charge is 2.34. The highest BCUT2D eigenvalue weighted by atomic mass is 32.2. The molecule has 2 atom stereocenters. The number of thiophene rings is 1. The molecule has 1 aromatic heterocycles. The number of hydrogen-bond acceptors (Lipinski definition) is 5. The summed E-state index contributed by atoms with van der Waals surface area (Å²) in [5.41, 5.74) is 2.04. The average Bonchev–Trinajstić information content (AvgIpc) is 3.27. The molecule has 29 heavy (non-hydrogen) atoms. The van der Waals surface area contributed by atoms with E-state index >= 15 is 0 Å². The molecular weight excluding hydrogens is 408 g/mol. The number of piperidine rings is 1. The van der Waals surface area contributed by atoms with Crippen LogP contribution in [0.15, 0.2) is 39.9 Å². The molecule has 0 radical (unpaired) electrons. The lowest BCUT2D eigenvalue weighted by Crippen LogP contribution is -2.45. The lowest BCUT2D eigenvalue weighted by Gasteiger charge is -2.32. The second-order valence-corrected chi connectivity index (χ2v) is 10.4. The van der Waals surface area contributed by atoms with E-state index < -0.39 is 10.0 Å². The van der Waals surface area contributed by atoms with Crippen LogP contribution in [-0.2, 0) is 14.8 Å². The van der Waals surface area contributed by atoms with Crippen molar-refractivity contribution >= 4 is 27.3 Å². The molecule has 6 nitrogen and oxygen atoms in total. The summed E-state index contributed by atoms with van der Waals surface area (Å²) in [6.07, 6.45) is 2.13. The lowest BCUT2D eigenvalue weighted by molar-refractivity contribution is -0.126. The molecule has 2 unspecified atom stereocenters. The van der Waals surface area contributed by atoms with Crippen LogP contribution in [0.5, 0.6) is 5.75 Å². The third-order valence-electron chi connectivity index (χ3n) is 5.39. The van der Waals surface area contributed by atoms with Crippen LogP contribution in [0.1, 0.15) is 43.4 Å². The molecule has 0 bridgehead atoms. The van der Waals surface area contributed by atoms with Crippen molar-refractivity contribution < 1.29 is 17.9 Å². The molecule has 1 fully saturated rings. The number of methoxy groups -OCH3 is 1. The molecule has 1 aliphatic rings. The van der Waals surface area contributed by atoms with Crippen molar-refractivity contribution in [3.63, 3.8) is 0 Å². The van der Waals surface area contributed by atoms with Gasteiger partial charge in [-0.3, -0.25) is 4.79 Å². The number of rotatable bonds is 7. The second-order valence-electron chi connectivity index (χ2n) is 7.33. The van der Waals surface area contributed by atoms with Crippen molar-refractivity contribution in [3.8, 4) is 5.75 Å². The number of nitrogens with one attached hydrogen (secondary N) is 1. The van der Waals surface area contributed by atoms with Crippen LogP contribution in [0.4, 0.5) is 0 Å². The van der Waals surface area contributed by atoms with E-state index in [2.05, 4.69) is 5.32 Å². The largest absolute Gasteiger partial charge is 0.496 e. The van der Waals surface area contributed by atoms with Gasteiger partial charge in [-0.15, -0.1) is 11.3 Å². The number of hydrogen-bond donors (Lipinski definition) is 1. The number of carbonyl (C=O) groups excluding carboxylic acids is 1. The number of carbonyl (C=O) groups is 1. The van der Waals surface area contributed by atoms with Gasteiger partial charge in [0, 0.05) is 13.1 Å². The quantitative estimate of drug-likeness (QED) is 0.718. The number of amides is 1. The molecule has 158 valence electrons. The molecular formula is C21H28N2O4S2. The summed E-state index contributed by atoms with van der Waals surface area (Å²) >= 11 is 1.21. The molecule has 1 amide bonds. The van der Waals surface area contributed by atoms with Crippen LogP contribution in [-0.4, -0.2) is 38.8 Å². The molecule has 1 aromatic carbocycles. The summed E-state index contributed by atoms with van der Waals surface area (Å²) in [6, 6.07) is 9.14. The normalized spacial score (nSPS) is 18.9. The molecule has 0 spiro atoms. The summed E-state index contributed by atoms with van der Waals surface area (Å²) in [5, 5.41) is 4.88. The highest BCUT2D eigenvalue weighted by molar-refractivity contribution is 7.91. The van der Waals surface area contributed by atoms with Gasteiger partial charge in [0.2, 0.25) is 5.91 Å². The van der Waals surface area contributed by atoms with Crippen molar-refractivity contribution in [2.45, 2.75) is 43.4 Å². The first kappa shape index (κ1) is 21.8. The minimum atomic E-state index is -3.53. The maximum Gasteiger partial charge on any atom is 0.252 e. The zero-order valence-electron chi connectivity index (χ0n) is 17.1. The van der Waals surface area contributed by atoms with Gasteiger partial charge in [-0.2, -0.15) is 4.31 Å². The maximum absolute atomic E-state index is 13.0. The Bertz CT molecular complexity index is 942. The maximum atomic E-state index is 13.0. The van der Waals surface area contributed by atoms with Gasteiger partial charge in [-0.25, -0.2) is 8.42 Å². The molecule has 3 rings (SSSR count). The molecule has 2 heterocycles. The fourth-order valence-corrected chi connectivity index (χ4v) is 6.41. The van der Waals surface area contributed by atoms with E-state index in [1.807, 2.05) is 32.0 Å². The van der Waals surface area contributed by atoms with Gasteiger partial charge in [-0.1, -0.05) is 25.1 Å². The Morgan fingerprint density at radius 3 is 2.79 bits per heavy atom. The summed E-state index contributed by atoms with van der Waals surface area (Å²) in [6.45, 7) is 4.69. The predicted octanol–water partition coefficient (Wildman–Crippen LogP) is 3.73. The number of sulfonamides is 1. The third kappa shape index (κ3) is 4.82. The zero-order chi connectivity index (χ0) is 21.0. The molecule has 1 aliphatic heterocycles. The Morgan fingerprint density at radius 1 is 1.38 bits per heavy atom. The lowest BCUT2D eigenvalue weighted by atomic mass is 9.96. The highest BCUT2D eigenvalue weighted by Crippen LogP contribution is 2.28. The number of ether oxygens (including phenoxy) is 1. The van der Waals surface area contributed by atoms with Gasteiger partial charge >= 0.3 is 0 Å². The van der Waals surface area contributed by atoms with E-state index in [0.29, 0.717) is 23.6 Å². The second kappa shape index (κ2) is 9.28. The van der Waals surface area contributed by atoms with E-state index in [0.717, 1.165) is 23.3 Å². The monoisotopic (exact) mass is 436 g/mol. The standard InChI is InChI=1S/C21H28N2O4S2/c1-4-18(16-9-10-19(27-3)15(2)13-16)22-21(24)17-7-5-11-23(14-17)29(25,26)20-8-6-12-28-20/h6,8-10,12-13,17-18H,4-5,7,11,14H2,1-3H3,(H,22,24). The molecule has 0 saturated carbocycles. The Kier molecular flexibility index (Phi) is 6.97. The van der Waals surface area contributed by atoms with Crippen molar-refractivity contribution in [3.05, 3.63) is 46.8 Å². The van der Waals surface area contributed by atoms with E-state index in [1.165, 1.54) is 15.6 Å². The Labute approximate surface area is 176 Å². The van der Waals surface area contributed by atoms with Crippen LogP contribution in [0.2, 0.25) is 0 Å². The first-order valence-electron chi connectivity index (χ1n) is 9.85. The smallest absolute Gasteiger partial charge is 0.252 e. The van der Waals surface area contributed by atoms with Crippen molar-refractivity contribution in [2.75, 3.05) is 20.2 Å². The molecule has 1 saturated heterocycles. The van der Waals surface area contributed by atoms with Crippen molar-refractivity contribution in [1.82, 2.24) is 9.62 Å². The van der Waals surface area contributed by atoms with Gasteiger partial charge in [0.15, 0.2) is 0 Å². The zero-order valence-corrected chi connectivity index (χ0v) is 18.7. The number of nitrogens with zero attached hydrogens (tertiary/aromatic N) is 1. The Morgan fingerprint density at radius 2 is 2.17 bits per heavy atom. The van der Waals surface area contributed by atoms with Crippen LogP contribution in [0.25, 0.3) is 0 Å². The molecule has 0 aliphatic carbocycles. The molecule has 1 N–H and O–H groups in total. The predicted molar refractivity (Wildman–Crippen MR) is 115 cm³/mol. The number of aryl methyl sites for hydroxylation is 1. The summed E-state index contributed by atoms with van der Waals surface area (Å²) in [4.78, 5) is 13.0. The van der Waals surface area contributed by atoms with Gasteiger partial charge in [0.1, 0.15) is 9.96 Å². The average molecular weight is 437 g/mol. The van der Waals surface area contributed by atoms with E-state index in [1.54, 1.807) is 24.6 Å². The van der Waals surface area contributed by atoms with Crippen LogP contribution in [0.3, 0.4) is 0 Å². The van der Waals surface area contributed by atoms with Crippen LogP contribution < -0.4 is 10.1 Å². The number of benzene rings is 1. The fraction of sp³-hybridized carbons (Fsp3) is 0.476. The first-order valence-corrected chi connectivity index (χ1v) is 12.2. The minimum Gasteiger partial charge on any atom is -0.496 e. The summed E-state index contributed by atoms with van der Waals surface area (Å²) in [7, 11) is -1.89. The van der Waals surface area contributed by atoms with Gasteiger partial charge < -0.3 is 10.1 Å². The first-order chi connectivity index (χ1) is 13.9. The fourth-order valence-electron chi connectivity index (χ4n) is 3.74. The Balaban J connectivity index is 1.70.